The van der Waals surface area contributed by atoms with E-state index in [-0.39, 0.29) is 21.4 Å². The van der Waals surface area contributed by atoms with Crippen LogP contribution in [0.1, 0.15) is 30.6 Å². The summed E-state index contributed by atoms with van der Waals surface area (Å²) in [5.41, 5.74) is 0.224. The molecule has 0 radical (unpaired) electrons. The van der Waals surface area contributed by atoms with Crippen LogP contribution < -0.4 is 0 Å². The Morgan fingerprint density at radius 1 is 1.26 bits per heavy atom. The molecule has 4 nitrogen and oxygen atoms in total. The molecule has 0 fully saturated rings. The highest BCUT2D eigenvalue weighted by molar-refractivity contribution is 8.13. The Bertz CT molecular complexity index is 572. The molecule has 7 heteroatoms. The van der Waals surface area contributed by atoms with Gasteiger partial charge < -0.3 is 4.90 Å². The van der Waals surface area contributed by atoms with Gasteiger partial charge in [0.25, 0.3) is 15.0 Å². The molecule has 0 saturated carbocycles. The quantitative estimate of drug-likeness (QED) is 0.782. The van der Waals surface area contributed by atoms with Crippen molar-refractivity contribution in [2.45, 2.75) is 25.2 Å². The third-order valence-corrected chi connectivity index (χ3v) is 4.11. The Labute approximate surface area is 122 Å². The van der Waals surface area contributed by atoms with E-state index in [0.29, 0.717) is 13.1 Å². The van der Waals surface area contributed by atoms with Gasteiger partial charge in [-0.15, -0.1) is 0 Å². The number of nitrogens with zero attached hydrogens (tertiary/aromatic N) is 1. The molecule has 19 heavy (non-hydrogen) atoms. The molecule has 0 unspecified atom stereocenters. The smallest absolute Gasteiger partial charge is 0.261 e. The van der Waals surface area contributed by atoms with Crippen LogP contribution in [0.5, 0.6) is 0 Å². The topological polar surface area (TPSA) is 54.5 Å². The van der Waals surface area contributed by atoms with Crippen LogP contribution in [-0.2, 0) is 9.05 Å². The van der Waals surface area contributed by atoms with E-state index in [4.69, 9.17) is 22.3 Å². The van der Waals surface area contributed by atoms with E-state index in [1.807, 2.05) is 13.8 Å². The van der Waals surface area contributed by atoms with Crippen molar-refractivity contribution in [2.75, 3.05) is 13.1 Å². The monoisotopic (exact) mass is 323 g/mol. The largest absolute Gasteiger partial charge is 0.339 e. The molecule has 0 spiro atoms. The van der Waals surface area contributed by atoms with Gasteiger partial charge in [0, 0.05) is 34.4 Å². The molecule has 0 aliphatic rings. The Hall–Kier alpha value is -0.780. The van der Waals surface area contributed by atoms with Crippen LogP contribution in [0.4, 0.5) is 0 Å². The highest BCUT2D eigenvalue weighted by Gasteiger charge is 2.18. The molecule has 0 heterocycles. The number of amides is 1. The fourth-order valence-corrected chi connectivity index (χ4v) is 2.79. The van der Waals surface area contributed by atoms with Crippen LogP contribution in [0.2, 0.25) is 5.02 Å². The minimum atomic E-state index is -3.91. The zero-order chi connectivity index (χ0) is 14.6. The van der Waals surface area contributed by atoms with Gasteiger partial charge in [-0.25, -0.2) is 8.42 Å². The third-order valence-electron chi connectivity index (χ3n) is 2.56. The minimum absolute atomic E-state index is 0.164. The fourth-order valence-electron chi connectivity index (χ4n) is 1.68. The molecular weight excluding hydrogens is 309 g/mol. The van der Waals surface area contributed by atoms with Crippen molar-refractivity contribution in [1.29, 1.82) is 0 Å². The molecule has 0 aliphatic carbocycles. The zero-order valence-corrected chi connectivity index (χ0v) is 13.0. The van der Waals surface area contributed by atoms with Crippen molar-refractivity contribution >= 4 is 37.2 Å². The maximum atomic E-state index is 12.2. The lowest BCUT2D eigenvalue weighted by Gasteiger charge is -2.20. The lowest BCUT2D eigenvalue weighted by Crippen LogP contribution is -2.31. The Kier molecular flexibility index (Phi) is 5.64. The van der Waals surface area contributed by atoms with E-state index in [1.165, 1.54) is 18.2 Å². The summed E-state index contributed by atoms with van der Waals surface area (Å²) in [4.78, 5) is 13.7. The Morgan fingerprint density at radius 2 is 1.89 bits per heavy atom. The highest BCUT2D eigenvalue weighted by atomic mass is 35.7. The molecule has 0 aliphatic heterocycles. The maximum Gasteiger partial charge on any atom is 0.261 e. The van der Waals surface area contributed by atoms with E-state index >= 15 is 0 Å². The number of carbonyl (C=O) groups excluding carboxylic acids is 1. The molecule has 1 aromatic rings. The van der Waals surface area contributed by atoms with Crippen LogP contribution in [0.3, 0.4) is 0 Å². The summed E-state index contributed by atoms with van der Waals surface area (Å²) in [5.74, 6) is -0.256. The average Bonchev–Trinajstić information content (AvgIpc) is 2.33. The van der Waals surface area contributed by atoms with Crippen molar-refractivity contribution in [3.8, 4) is 0 Å². The first kappa shape index (κ1) is 16.3. The maximum absolute atomic E-state index is 12.2. The summed E-state index contributed by atoms with van der Waals surface area (Å²) in [6, 6.07) is 3.90. The molecule has 0 aromatic heterocycles. The lowest BCUT2D eigenvalue weighted by atomic mass is 10.2. The Morgan fingerprint density at radius 3 is 2.37 bits per heavy atom. The van der Waals surface area contributed by atoms with Gasteiger partial charge in [-0.2, -0.15) is 0 Å². The van der Waals surface area contributed by atoms with Crippen molar-refractivity contribution < 1.29 is 13.2 Å². The second-order valence-corrected chi connectivity index (χ2v) is 7.00. The molecule has 0 N–H and O–H groups in total. The summed E-state index contributed by atoms with van der Waals surface area (Å²) in [6.45, 7) is 4.97. The van der Waals surface area contributed by atoms with Crippen LogP contribution >= 0.6 is 22.3 Å². The number of rotatable bonds is 5. The van der Waals surface area contributed by atoms with Crippen LogP contribution in [-0.4, -0.2) is 32.3 Å². The zero-order valence-electron chi connectivity index (χ0n) is 10.7. The SMILES string of the molecule is CCCN(CC)C(=O)c1cc(Cl)cc(S(=O)(=O)Cl)c1. The van der Waals surface area contributed by atoms with Crippen molar-refractivity contribution in [3.63, 3.8) is 0 Å². The summed E-state index contributed by atoms with van der Waals surface area (Å²) in [6.07, 6.45) is 0.820. The van der Waals surface area contributed by atoms with Gasteiger partial charge >= 0.3 is 0 Å². The normalized spacial score (nSPS) is 11.4. The molecule has 0 atom stereocenters. The van der Waals surface area contributed by atoms with E-state index in [2.05, 4.69) is 0 Å². The summed E-state index contributed by atoms with van der Waals surface area (Å²) < 4.78 is 22.6. The third kappa shape index (κ3) is 4.37. The predicted molar refractivity (Wildman–Crippen MR) is 76.4 cm³/mol. The second-order valence-electron chi connectivity index (χ2n) is 4.00. The molecule has 0 saturated heterocycles. The van der Waals surface area contributed by atoms with Crippen LogP contribution in [0.15, 0.2) is 23.1 Å². The first-order chi connectivity index (χ1) is 8.79. The second kappa shape index (κ2) is 6.59. The average molecular weight is 324 g/mol. The molecule has 1 rings (SSSR count). The van der Waals surface area contributed by atoms with Gasteiger partial charge in [0.1, 0.15) is 0 Å². The molecule has 1 amide bonds. The lowest BCUT2D eigenvalue weighted by molar-refractivity contribution is 0.0764. The van der Waals surface area contributed by atoms with Crippen molar-refractivity contribution in [2.24, 2.45) is 0 Å². The molecule has 106 valence electrons. The fraction of sp³-hybridized carbons (Fsp3) is 0.417. The van der Waals surface area contributed by atoms with Crippen LogP contribution in [0.25, 0.3) is 0 Å². The minimum Gasteiger partial charge on any atom is -0.339 e. The van der Waals surface area contributed by atoms with E-state index in [1.54, 1.807) is 4.90 Å². The van der Waals surface area contributed by atoms with Crippen LogP contribution in [0, 0.1) is 0 Å². The summed E-state index contributed by atoms with van der Waals surface area (Å²) in [5, 5.41) is 0.164. The molecular formula is C12H15Cl2NO3S. The molecule has 0 bridgehead atoms. The van der Waals surface area contributed by atoms with Gasteiger partial charge in [0.05, 0.1) is 4.90 Å². The number of hydrogen-bond acceptors (Lipinski definition) is 3. The Balaban J connectivity index is 3.20. The number of halogens is 2. The molecule has 1 aromatic carbocycles. The standard InChI is InChI=1S/C12H15Cl2NO3S/c1-3-5-15(4-2)12(16)9-6-10(13)8-11(7-9)19(14,17)18/h6-8H,3-5H2,1-2H3. The highest BCUT2D eigenvalue weighted by Crippen LogP contribution is 2.23. The van der Waals surface area contributed by atoms with Crippen molar-refractivity contribution in [1.82, 2.24) is 4.90 Å². The first-order valence-corrected chi connectivity index (χ1v) is 8.52. The predicted octanol–water partition coefficient (Wildman–Crippen LogP) is 3.14. The van der Waals surface area contributed by atoms with Gasteiger partial charge in [0.2, 0.25) is 0 Å². The van der Waals surface area contributed by atoms with Gasteiger partial charge in [-0.05, 0) is 31.5 Å². The van der Waals surface area contributed by atoms with E-state index in [9.17, 15) is 13.2 Å². The van der Waals surface area contributed by atoms with Gasteiger partial charge in [-0.3, -0.25) is 4.79 Å². The summed E-state index contributed by atoms with van der Waals surface area (Å²) >= 11 is 5.83. The van der Waals surface area contributed by atoms with E-state index < -0.39 is 9.05 Å². The van der Waals surface area contributed by atoms with Crippen molar-refractivity contribution in [3.05, 3.63) is 28.8 Å². The number of benzene rings is 1. The number of hydrogen-bond donors (Lipinski definition) is 0. The van der Waals surface area contributed by atoms with Gasteiger partial charge in [0.15, 0.2) is 0 Å². The van der Waals surface area contributed by atoms with Gasteiger partial charge in [-0.1, -0.05) is 18.5 Å². The van der Waals surface area contributed by atoms with E-state index in [0.717, 1.165) is 6.42 Å². The number of carbonyl (C=O) groups is 1. The summed E-state index contributed by atoms with van der Waals surface area (Å²) in [7, 11) is 1.36. The first-order valence-electron chi connectivity index (χ1n) is 5.84.